The third kappa shape index (κ3) is 2.94. The Morgan fingerprint density at radius 2 is 1.80 bits per heavy atom. The Kier molecular flexibility index (Phi) is 4.11. The van der Waals surface area contributed by atoms with Crippen LogP contribution in [-0.4, -0.2) is 23.1 Å². The molecular weight excluding hydrogens is 218 g/mol. The van der Waals surface area contributed by atoms with Crippen LogP contribution in [-0.2, 0) is 0 Å². The van der Waals surface area contributed by atoms with E-state index in [0.717, 1.165) is 31.6 Å². The number of aromatic amines is 2. The molecule has 6 heteroatoms. The van der Waals surface area contributed by atoms with Crippen LogP contribution < -0.4 is 16.6 Å². The summed E-state index contributed by atoms with van der Waals surface area (Å²) < 4.78 is 0. The van der Waals surface area contributed by atoms with Crippen molar-refractivity contribution in [1.82, 2.24) is 15.3 Å². The fourth-order valence-corrected chi connectivity index (χ4v) is 1.84. The van der Waals surface area contributed by atoms with Gasteiger partial charge in [0.2, 0.25) is 0 Å². The molecule has 1 aromatic heterocycles. The smallest absolute Gasteiger partial charge is 0.317 e. The number of hydrogen-bond donors (Lipinski definition) is 3. The molecule has 1 fully saturated rings. The molecule has 3 N–H and O–H groups in total. The molecule has 0 aliphatic carbocycles. The number of hydrogen-bond acceptors (Lipinski definition) is 3. The van der Waals surface area contributed by atoms with Crippen LogP contribution in [0.2, 0.25) is 0 Å². The first-order valence-electron chi connectivity index (χ1n) is 4.80. The SMILES string of the molecule is Cl.O=c1cc(C2CCNCC2)[nH]c(=O)[nH]1. The van der Waals surface area contributed by atoms with Crippen molar-refractivity contribution >= 4 is 12.4 Å². The number of piperidine rings is 1. The van der Waals surface area contributed by atoms with Crippen LogP contribution in [0.1, 0.15) is 24.5 Å². The van der Waals surface area contributed by atoms with Crippen molar-refractivity contribution in [3.63, 3.8) is 0 Å². The highest BCUT2D eigenvalue weighted by Gasteiger charge is 2.16. The molecule has 0 unspecified atom stereocenters. The van der Waals surface area contributed by atoms with E-state index in [9.17, 15) is 9.59 Å². The topological polar surface area (TPSA) is 77.8 Å². The summed E-state index contributed by atoms with van der Waals surface area (Å²) in [4.78, 5) is 26.9. The molecule has 0 aromatic carbocycles. The highest BCUT2D eigenvalue weighted by atomic mass is 35.5. The number of halogens is 1. The normalized spacial score (nSPS) is 17.1. The second kappa shape index (κ2) is 5.14. The predicted octanol–water partition coefficient (Wildman–Crippen LogP) is -0.0480. The van der Waals surface area contributed by atoms with E-state index >= 15 is 0 Å². The Hall–Kier alpha value is -1.07. The minimum Gasteiger partial charge on any atom is -0.317 e. The van der Waals surface area contributed by atoms with Crippen molar-refractivity contribution in [3.05, 3.63) is 32.6 Å². The number of rotatable bonds is 1. The van der Waals surface area contributed by atoms with Crippen LogP contribution in [0.15, 0.2) is 15.7 Å². The minimum absolute atomic E-state index is 0. The summed E-state index contributed by atoms with van der Waals surface area (Å²) in [6, 6.07) is 1.48. The molecule has 1 saturated heterocycles. The number of aromatic nitrogens is 2. The summed E-state index contributed by atoms with van der Waals surface area (Å²) in [5.41, 5.74) is 0.0357. The Balaban J connectivity index is 0.00000112. The van der Waals surface area contributed by atoms with E-state index in [-0.39, 0.29) is 18.0 Å². The first-order valence-corrected chi connectivity index (χ1v) is 4.80. The molecule has 5 nitrogen and oxygen atoms in total. The lowest BCUT2D eigenvalue weighted by molar-refractivity contribution is 0.451. The van der Waals surface area contributed by atoms with Crippen LogP contribution in [0.4, 0.5) is 0 Å². The van der Waals surface area contributed by atoms with Crippen molar-refractivity contribution in [2.45, 2.75) is 18.8 Å². The van der Waals surface area contributed by atoms with Crippen molar-refractivity contribution < 1.29 is 0 Å². The minimum atomic E-state index is -0.411. The fourth-order valence-electron chi connectivity index (χ4n) is 1.84. The van der Waals surface area contributed by atoms with E-state index < -0.39 is 5.69 Å². The second-order valence-corrected chi connectivity index (χ2v) is 3.57. The molecule has 0 radical (unpaired) electrons. The maximum absolute atomic E-state index is 11.1. The zero-order valence-electron chi connectivity index (χ0n) is 8.21. The van der Waals surface area contributed by atoms with Gasteiger partial charge in [-0.05, 0) is 25.9 Å². The quantitative estimate of drug-likeness (QED) is 0.634. The third-order valence-corrected chi connectivity index (χ3v) is 2.56. The lowest BCUT2D eigenvalue weighted by Gasteiger charge is -2.21. The van der Waals surface area contributed by atoms with Gasteiger partial charge in [0.1, 0.15) is 0 Å². The van der Waals surface area contributed by atoms with Gasteiger partial charge < -0.3 is 10.3 Å². The van der Waals surface area contributed by atoms with E-state index in [1.54, 1.807) is 0 Å². The van der Waals surface area contributed by atoms with Crippen molar-refractivity contribution in [3.8, 4) is 0 Å². The van der Waals surface area contributed by atoms with E-state index in [2.05, 4.69) is 15.3 Å². The maximum atomic E-state index is 11.1. The summed E-state index contributed by atoms with van der Waals surface area (Å²) in [6.45, 7) is 1.89. The van der Waals surface area contributed by atoms with Crippen LogP contribution in [0.5, 0.6) is 0 Å². The van der Waals surface area contributed by atoms with Gasteiger partial charge in [0.05, 0.1) is 0 Å². The van der Waals surface area contributed by atoms with Gasteiger partial charge in [-0.1, -0.05) is 0 Å². The molecule has 0 spiro atoms. The molecule has 0 amide bonds. The monoisotopic (exact) mass is 231 g/mol. The molecule has 84 valence electrons. The lowest BCUT2D eigenvalue weighted by Crippen LogP contribution is -2.30. The Morgan fingerprint density at radius 3 is 2.40 bits per heavy atom. The zero-order valence-corrected chi connectivity index (χ0v) is 9.02. The third-order valence-electron chi connectivity index (χ3n) is 2.56. The van der Waals surface area contributed by atoms with Crippen LogP contribution in [0.25, 0.3) is 0 Å². The van der Waals surface area contributed by atoms with E-state index in [1.807, 2.05) is 0 Å². The Labute approximate surface area is 92.7 Å². The predicted molar refractivity (Wildman–Crippen MR) is 59.8 cm³/mol. The Bertz CT molecular complexity index is 392. The second-order valence-electron chi connectivity index (χ2n) is 3.57. The molecule has 1 aliphatic heterocycles. The van der Waals surface area contributed by atoms with Gasteiger partial charge in [-0.2, -0.15) is 0 Å². The van der Waals surface area contributed by atoms with Gasteiger partial charge in [-0.3, -0.25) is 9.78 Å². The molecule has 0 atom stereocenters. The van der Waals surface area contributed by atoms with Crippen LogP contribution in [0.3, 0.4) is 0 Å². The van der Waals surface area contributed by atoms with Gasteiger partial charge in [-0.15, -0.1) is 12.4 Å². The van der Waals surface area contributed by atoms with Gasteiger partial charge in [0.25, 0.3) is 5.56 Å². The van der Waals surface area contributed by atoms with Gasteiger partial charge >= 0.3 is 5.69 Å². The van der Waals surface area contributed by atoms with Crippen LogP contribution in [0, 0.1) is 0 Å². The van der Waals surface area contributed by atoms with Gasteiger partial charge in [0, 0.05) is 17.7 Å². The average Bonchev–Trinajstić information content (AvgIpc) is 2.18. The van der Waals surface area contributed by atoms with E-state index in [1.165, 1.54) is 6.07 Å². The maximum Gasteiger partial charge on any atom is 0.325 e. The zero-order chi connectivity index (χ0) is 9.97. The fraction of sp³-hybridized carbons (Fsp3) is 0.556. The summed E-state index contributed by atoms with van der Waals surface area (Å²) in [5, 5.41) is 3.24. The molecule has 0 saturated carbocycles. The number of nitrogens with one attached hydrogen (secondary N) is 3. The highest BCUT2D eigenvalue weighted by molar-refractivity contribution is 5.85. The lowest BCUT2D eigenvalue weighted by atomic mass is 9.94. The van der Waals surface area contributed by atoms with E-state index in [0.29, 0.717) is 5.92 Å². The van der Waals surface area contributed by atoms with Gasteiger partial charge in [-0.25, -0.2) is 4.79 Å². The summed E-state index contributed by atoms with van der Waals surface area (Å²) >= 11 is 0. The highest BCUT2D eigenvalue weighted by Crippen LogP contribution is 2.21. The number of H-pyrrole nitrogens is 2. The molecule has 1 aliphatic rings. The Morgan fingerprint density at radius 1 is 1.13 bits per heavy atom. The van der Waals surface area contributed by atoms with Crippen LogP contribution >= 0.6 is 12.4 Å². The first-order chi connectivity index (χ1) is 6.75. The molecule has 0 bridgehead atoms. The van der Waals surface area contributed by atoms with Crippen molar-refractivity contribution in [1.29, 1.82) is 0 Å². The average molecular weight is 232 g/mol. The summed E-state index contributed by atoms with van der Waals surface area (Å²) in [6.07, 6.45) is 1.94. The van der Waals surface area contributed by atoms with Crippen molar-refractivity contribution in [2.75, 3.05) is 13.1 Å². The molecular formula is C9H14ClN3O2. The molecule has 2 rings (SSSR count). The molecule has 1 aromatic rings. The van der Waals surface area contributed by atoms with Gasteiger partial charge in [0.15, 0.2) is 0 Å². The largest absolute Gasteiger partial charge is 0.325 e. The standard InChI is InChI=1S/C9H13N3O2.ClH/c13-8-5-7(11-9(14)12-8)6-1-3-10-4-2-6;/h5-6,10H,1-4H2,(H2,11,12,13,14);1H. The first kappa shape index (κ1) is 12.0. The van der Waals surface area contributed by atoms with E-state index in [4.69, 9.17) is 0 Å². The molecule has 2 heterocycles. The summed E-state index contributed by atoms with van der Waals surface area (Å²) in [7, 11) is 0. The summed E-state index contributed by atoms with van der Waals surface area (Å²) in [5.74, 6) is 0.311. The van der Waals surface area contributed by atoms with Crippen molar-refractivity contribution in [2.24, 2.45) is 0 Å². The molecule has 15 heavy (non-hydrogen) atoms.